The number of nitrogen functional groups attached to an aromatic ring is 1. The number of hydrogen-bond donors (Lipinski definition) is 2. The molecule has 0 amide bonds. The molecule has 0 unspecified atom stereocenters. The van der Waals surface area contributed by atoms with Gasteiger partial charge in [0.15, 0.2) is 5.69 Å². The number of halogens is 3. The predicted octanol–water partition coefficient (Wildman–Crippen LogP) is 1.95. The summed E-state index contributed by atoms with van der Waals surface area (Å²) in [5.41, 5.74) is 3.71. The minimum Gasteiger partial charge on any atom is -0.477 e. The highest BCUT2D eigenvalue weighted by atomic mass is 35.5. The predicted molar refractivity (Wildman–Crippen MR) is 45.6 cm³/mol. The molecule has 0 aliphatic rings. The van der Waals surface area contributed by atoms with Crippen LogP contribution < -0.4 is 5.73 Å². The highest BCUT2D eigenvalue weighted by Gasteiger charge is 2.19. The van der Waals surface area contributed by atoms with Crippen molar-refractivity contribution in [2.75, 3.05) is 5.73 Å². The van der Waals surface area contributed by atoms with E-state index in [2.05, 4.69) is 4.98 Å². The fourth-order valence-electron chi connectivity index (χ4n) is 0.868. The number of carbonyl (C=O) groups is 1. The van der Waals surface area contributed by atoms with Gasteiger partial charge in [-0.05, 0) is 6.07 Å². The van der Waals surface area contributed by atoms with Crippen molar-refractivity contribution in [3.63, 3.8) is 0 Å². The van der Waals surface area contributed by atoms with Gasteiger partial charge in [0.05, 0.1) is 5.56 Å². The van der Waals surface area contributed by atoms with Crippen LogP contribution in [0, 0.1) is 0 Å². The summed E-state index contributed by atoms with van der Waals surface area (Å²) in [6, 6.07) is 0.843. The molecule has 0 bridgehead atoms. The SMILES string of the molecule is Nc1cc(C(=O)O)nc(Cl)c1C(F)F. The molecule has 0 aliphatic heterocycles. The number of aromatic carboxylic acids is 1. The van der Waals surface area contributed by atoms with E-state index in [9.17, 15) is 13.6 Å². The van der Waals surface area contributed by atoms with Gasteiger partial charge in [0.2, 0.25) is 0 Å². The smallest absolute Gasteiger partial charge is 0.354 e. The maximum Gasteiger partial charge on any atom is 0.354 e. The van der Waals surface area contributed by atoms with Crippen molar-refractivity contribution >= 4 is 23.3 Å². The highest BCUT2D eigenvalue weighted by molar-refractivity contribution is 6.30. The summed E-state index contributed by atoms with van der Waals surface area (Å²) >= 11 is 5.34. The molecule has 7 heteroatoms. The number of carboxylic acid groups (broad SMARTS) is 1. The van der Waals surface area contributed by atoms with Crippen molar-refractivity contribution in [3.8, 4) is 0 Å². The zero-order valence-electron chi connectivity index (χ0n) is 6.67. The van der Waals surface area contributed by atoms with E-state index in [1.807, 2.05) is 0 Å². The summed E-state index contributed by atoms with van der Waals surface area (Å²) in [5.74, 6) is -1.38. The maximum absolute atomic E-state index is 12.3. The van der Waals surface area contributed by atoms with Gasteiger partial charge in [-0.25, -0.2) is 18.6 Å². The van der Waals surface area contributed by atoms with Crippen molar-refractivity contribution in [1.29, 1.82) is 0 Å². The minimum absolute atomic E-state index is 0.377. The Hall–Kier alpha value is -1.43. The number of rotatable bonds is 2. The molecule has 0 saturated carbocycles. The third-order valence-electron chi connectivity index (χ3n) is 1.48. The summed E-state index contributed by atoms with van der Waals surface area (Å²) in [7, 11) is 0. The second-order valence-corrected chi connectivity index (χ2v) is 2.77. The number of anilines is 1. The molecular formula is C7H5ClF2N2O2. The van der Waals surface area contributed by atoms with E-state index in [0.717, 1.165) is 6.07 Å². The lowest BCUT2D eigenvalue weighted by molar-refractivity contribution is 0.0690. The Labute approximate surface area is 82.3 Å². The molecule has 1 heterocycles. The van der Waals surface area contributed by atoms with E-state index in [-0.39, 0.29) is 5.69 Å². The third-order valence-corrected chi connectivity index (χ3v) is 1.77. The highest BCUT2D eigenvalue weighted by Crippen LogP contribution is 2.31. The van der Waals surface area contributed by atoms with Crippen LogP contribution in [-0.2, 0) is 0 Å². The molecule has 0 spiro atoms. The summed E-state index contributed by atoms with van der Waals surface area (Å²) in [6.07, 6.45) is -2.88. The third kappa shape index (κ3) is 1.90. The molecule has 3 N–H and O–H groups in total. The zero-order chi connectivity index (χ0) is 10.9. The first-order valence-corrected chi connectivity index (χ1v) is 3.78. The van der Waals surface area contributed by atoms with Gasteiger partial charge >= 0.3 is 5.97 Å². The van der Waals surface area contributed by atoms with E-state index in [1.165, 1.54) is 0 Å². The number of nitrogens with zero attached hydrogens (tertiary/aromatic N) is 1. The van der Waals surface area contributed by atoms with Gasteiger partial charge in [-0.15, -0.1) is 0 Å². The normalized spacial score (nSPS) is 10.6. The molecule has 0 aliphatic carbocycles. The van der Waals surface area contributed by atoms with Crippen molar-refractivity contribution in [2.24, 2.45) is 0 Å². The second kappa shape index (κ2) is 3.75. The molecule has 76 valence electrons. The van der Waals surface area contributed by atoms with Crippen molar-refractivity contribution in [3.05, 3.63) is 22.5 Å². The van der Waals surface area contributed by atoms with Gasteiger partial charge in [0, 0.05) is 5.69 Å². The Morgan fingerprint density at radius 3 is 2.57 bits per heavy atom. The Kier molecular flexibility index (Phi) is 2.85. The molecule has 1 aromatic rings. The Morgan fingerprint density at radius 1 is 1.64 bits per heavy atom. The van der Waals surface area contributed by atoms with Gasteiger partial charge < -0.3 is 10.8 Å². The molecule has 0 radical (unpaired) electrons. The lowest BCUT2D eigenvalue weighted by atomic mass is 10.2. The van der Waals surface area contributed by atoms with Gasteiger partial charge in [0.1, 0.15) is 5.15 Å². The molecular weight excluding hydrogens is 218 g/mol. The Bertz CT molecular complexity index is 361. The van der Waals surface area contributed by atoms with Gasteiger partial charge in [0.25, 0.3) is 6.43 Å². The van der Waals surface area contributed by atoms with Crippen molar-refractivity contribution < 1.29 is 18.7 Å². The number of hydrogen-bond acceptors (Lipinski definition) is 3. The average molecular weight is 223 g/mol. The van der Waals surface area contributed by atoms with Crippen LogP contribution in [0.15, 0.2) is 6.07 Å². The Balaban J connectivity index is 3.32. The lowest BCUT2D eigenvalue weighted by Crippen LogP contribution is -2.06. The van der Waals surface area contributed by atoms with Crippen LogP contribution in [-0.4, -0.2) is 16.1 Å². The summed E-state index contributed by atoms with van der Waals surface area (Å²) in [5, 5.41) is 7.91. The quantitative estimate of drug-likeness (QED) is 0.750. The average Bonchev–Trinajstić information content (AvgIpc) is 2.01. The van der Waals surface area contributed by atoms with Crippen molar-refractivity contribution in [2.45, 2.75) is 6.43 Å². The molecule has 14 heavy (non-hydrogen) atoms. The second-order valence-electron chi connectivity index (χ2n) is 2.41. The molecule has 4 nitrogen and oxygen atoms in total. The minimum atomic E-state index is -2.88. The molecule has 1 rings (SSSR count). The lowest BCUT2D eigenvalue weighted by Gasteiger charge is -2.06. The van der Waals surface area contributed by atoms with Crippen LogP contribution in [0.25, 0.3) is 0 Å². The van der Waals surface area contributed by atoms with Crippen LogP contribution in [0.2, 0.25) is 5.15 Å². The first-order valence-electron chi connectivity index (χ1n) is 3.41. The summed E-state index contributed by atoms with van der Waals surface area (Å²) in [6.45, 7) is 0. The van der Waals surface area contributed by atoms with Crippen LogP contribution in [0.5, 0.6) is 0 Å². The molecule has 0 atom stereocenters. The van der Waals surface area contributed by atoms with E-state index in [4.69, 9.17) is 22.4 Å². The van der Waals surface area contributed by atoms with Crippen LogP contribution in [0.4, 0.5) is 14.5 Å². The molecule has 0 aromatic carbocycles. The van der Waals surface area contributed by atoms with Gasteiger partial charge in [-0.3, -0.25) is 0 Å². The standard InChI is InChI=1S/C7H5ClF2N2O2/c8-5-4(6(9)10)2(11)1-3(12-5)7(13)14/h1,6H,(H2,11,12)(H,13,14). The Morgan fingerprint density at radius 2 is 2.21 bits per heavy atom. The summed E-state index contributed by atoms with van der Waals surface area (Å²) in [4.78, 5) is 13.7. The number of carboxylic acids is 1. The molecule has 1 aromatic heterocycles. The first-order chi connectivity index (χ1) is 6.43. The zero-order valence-corrected chi connectivity index (χ0v) is 7.42. The largest absolute Gasteiger partial charge is 0.477 e. The number of pyridine rings is 1. The molecule has 0 saturated heterocycles. The fourth-order valence-corrected chi connectivity index (χ4v) is 1.15. The van der Waals surface area contributed by atoms with Crippen LogP contribution >= 0.6 is 11.6 Å². The van der Waals surface area contributed by atoms with Gasteiger partial charge in [-0.1, -0.05) is 11.6 Å². The molecule has 0 fully saturated rings. The topological polar surface area (TPSA) is 76.2 Å². The maximum atomic E-state index is 12.3. The van der Waals surface area contributed by atoms with Crippen molar-refractivity contribution in [1.82, 2.24) is 4.98 Å². The van der Waals surface area contributed by atoms with E-state index in [0.29, 0.717) is 0 Å². The number of aromatic nitrogens is 1. The van der Waals surface area contributed by atoms with E-state index >= 15 is 0 Å². The van der Waals surface area contributed by atoms with Crippen LogP contribution in [0.3, 0.4) is 0 Å². The van der Waals surface area contributed by atoms with E-state index in [1.54, 1.807) is 0 Å². The summed E-state index contributed by atoms with van der Waals surface area (Å²) < 4.78 is 24.5. The fraction of sp³-hybridized carbons (Fsp3) is 0.143. The van der Waals surface area contributed by atoms with Crippen LogP contribution in [0.1, 0.15) is 22.5 Å². The monoisotopic (exact) mass is 222 g/mol. The van der Waals surface area contributed by atoms with E-state index < -0.39 is 28.8 Å². The number of alkyl halides is 2. The first kappa shape index (κ1) is 10.6. The van der Waals surface area contributed by atoms with Gasteiger partial charge in [-0.2, -0.15) is 0 Å². The number of nitrogens with two attached hydrogens (primary N) is 1.